The molecule has 1 N–H and O–H groups in total. The molecule has 118 valence electrons. The Morgan fingerprint density at radius 2 is 2.15 bits per heavy atom. The molecule has 2 rings (SSSR count). The molecule has 20 heavy (non-hydrogen) atoms. The second-order valence-corrected chi connectivity index (χ2v) is 7.15. The van der Waals surface area contributed by atoms with E-state index < -0.39 is 0 Å². The Morgan fingerprint density at radius 3 is 2.90 bits per heavy atom. The molecule has 2 saturated heterocycles. The highest BCUT2D eigenvalue weighted by atomic mass is 16.5. The molecule has 2 aliphatic rings. The first-order valence-electron chi connectivity index (χ1n) is 8.75. The summed E-state index contributed by atoms with van der Waals surface area (Å²) in [6.45, 7) is 12.7. The lowest BCUT2D eigenvalue weighted by Gasteiger charge is -2.41. The minimum atomic E-state index is 0.362. The fraction of sp³-hybridized carbons (Fsp3) is 1.00. The maximum Gasteiger partial charge on any atom is 0.0546 e. The van der Waals surface area contributed by atoms with Crippen molar-refractivity contribution in [3.8, 4) is 0 Å². The first-order valence-corrected chi connectivity index (χ1v) is 8.75. The van der Waals surface area contributed by atoms with Crippen LogP contribution >= 0.6 is 0 Å². The quantitative estimate of drug-likeness (QED) is 0.758. The molecule has 0 aromatic rings. The number of hydrogen-bond donors (Lipinski definition) is 1. The average Bonchev–Trinajstić information content (AvgIpc) is 2.65. The first kappa shape index (κ1) is 16.3. The third-order valence-corrected chi connectivity index (χ3v) is 5.00. The van der Waals surface area contributed by atoms with Crippen LogP contribution in [0.25, 0.3) is 0 Å². The van der Waals surface area contributed by atoms with E-state index in [4.69, 9.17) is 4.74 Å². The van der Waals surface area contributed by atoms with Crippen LogP contribution in [0.15, 0.2) is 0 Å². The van der Waals surface area contributed by atoms with Crippen LogP contribution in [-0.2, 0) is 4.74 Å². The number of nitrogens with zero attached hydrogens (tertiary/aromatic N) is 1. The lowest BCUT2D eigenvalue weighted by molar-refractivity contribution is -0.0258. The van der Waals surface area contributed by atoms with Crippen molar-refractivity contribution in [2.75, 3.05) is 45.9 Å². The molecule has 2 heterocycles. The third kappa shape index (κ3) is 5.01. The Labute approximate surface area is 125 Å². The van der Waals surface area contributed by atoms with Crippen LogP contribution in [0.5, 0.6) is 0 Å². The largest absolute Gasteiger partial charge is 0.381 e. The molecule has 2 fully saturated rings. The summed E-state index contributed by atoms with van der Waals surface area (Å²) in [6, 6.07) is 0. The van der Waals surface area contributed by atoms with Gasteiger partial charge < -0.3 is 15.0 Å². The van der Waals surface area contributed by atoms with E-state index >= 15 is 0 Å². The predicted molar refractivity (Wildman–Crippen MR) is 85.1 cm³/mol. The molecule has 0 aromatic heterocycles. The fourth-order valence-corrected chi connectivity index (χ4v) is 3.72. The Balaban J connectivity index is 1.88. The van der Waals surface area contributed by atoms with E-state index in [2.05, 4.69) is 24.1 Å². The summed E-state index contributed by atoms with van der Waals surface area (Å²) in [6.07, 6.45) is 7.94. The minimum absolute atomic E-state index is 0.362. The van der Waals surface area contributed by atoms with Gasteiger partial charge in [-0.1, -0.05) is 13.8 Å². The molecule has 3 heteroatoms. The zero-order chi connectivity index (χ0) is 14.3. The van der Waals surface area contributed by atoms with Gasteiger partial charge in [0.1, 0.15) is 0 Å². The van der Waals surface area contributed by atoms with Crippen molar-refractivity contribution in [1.29, 1.82) is 0 Å². The van der Waals surface area contributed by atoms with Crippen molar-refractivity contribution in [2.24, 2.45) is 11.3 Å². The standard InChI is InChI=1S/C17H34N2O/c1-3-9-18-13-17(8-5-12-20-15-17)14-19-10-4-6-16(2)7-11-19/h16,18H,3-15H2,1-2H3. The average molecular weight is 282 g/mol. The molecular weight excluding hydrogens is 248 g/mol. The molecule has 0 aromatic carbocycles. The van der Waals surface area contributed by atoms with Crippen molar-refractivity contribution in [2.45, 2.75) is 52.4 Å². The molecular formula is C17H34N2O. The topological polar surface area (TPSA) is 24.5 Å². The Morgan fingerprint density at radius 1 is 1.25 bits per heavy atom. The van der Waals surface area contributed by atoms with Gasteiger partial charge in [0.2, 0.25) is 0 Å². The van der Waals surface area contributed by atoms with E-state index in [1.54, 1.807) is 0 Å². The summed E-state index contributed by atoms with van der Waals surface area (Å²) in [5.41, 5.74) is 0.362. The number of likely N-dealkylation sites (tertiary alicyclic amines) is 1. The van der Waals surface area contributed by atoms with Crippen LogP contribution in [0.4, 0.5) is 0 Å². The molecule has 2 atom stereocenters. The highest BCUT2D eigenvalue weighted by Crippen LogP contribution is 2.30. The van der Waals surface area contributed by atoms with Crippen LogP contribution in [-0.4, -0.2) is 50.8 Å². The predicted octanol–water partition coefficient (Wildman–Crippen LogP) is 2.90. The summed E-state index contributed by atoms with van der Waals surface area (Å²) < 4.78 is 5.84. The summed E-state index contributed by atoms with van der Waals surface area (Å²) >= 11 is 0. The molecule has 0 aliphatic carbocycles. The van der Waals surface area contributed by atoms with Gasteiger partial charge in [0.15, 0.2) is 0 Å². The first-order chi connectivity index (χ1) is 9.74. The second-order valence-electron chi connectivity index (χ2n) is 7.15. The molecule has 0 bridgehead atoms. The SMILES string of the molecule is CCCNCC1(CN2CCCC(C)CC2)CCCOC1. The van der Waals surface area contributed by atoms with Gasteiger partial charge in [-0.3, -0.25) is 0 Å². The minimum Gasteiger partial charge on any atom is -0.381 e. The van der Waals surface area contributed by atoms with Gasteiger partial charge in [0.25, 0.3) is 0 Å². The number of hydrogen-bond acceptors (Lipinski definition) is 3. The second kappa shape index (κ2) is 8.35. The zero-order valence-corrected chi connectivity index (χ0v) is 13.6. The van der Waals surface area contributed by atoms with Gasteiger partial charge in [0.05, 0.1) is 6.61 Å². The zero-order valence-electron chi connectivity index (χ0n) is 13.6. The maximum absolute atomic E-state index is 5.84. The lowest BCUT2D eigenvalue weighted by atomic mass is 9.81. The van der Waals surface area contributed by atoms with E-state index in [9.17, 15) is 0 Å². The molecule has 2 aliphatic heterocycles. The summed E-state index contributed by atoms with van der Waals surface area (Å²) in [5, 5.41) is 3.65. The van der Waals surface area contributed by atoms with Crippen molar-refractivity contribution in [3.63, 3.8) is 0 Å². The van der Waals surface area contributed by atoms with Crippen LogP contribution in [0.2, 0.25) is 0 Å². The Kier molecular flexibility index (Phi) is 6.79. The van der Waals surface area contributed by atoms with Crippen LogP contribution in [0.1, 0.15) is 52.4 Å². The van der Waals surface area contributed by atoms with E-state index in [0.29, 0.717) is 5.41 Å². The van der Waals surface area contributed by atoms with E-state index in [1.165, 1.54) is 58.2 Å². The van der Waals surface area contributed by atoms with Gasteiger partial charge in [0, 0.05) is 25.1 Å². The van der Waals surface area contributed by atoms with Gasteiger partial charge in [-0.15, -0.1) is 0 Å². The van der Waals surface area contributed by atoms with Crippen molar-refractivity contribution >= 4 is 0 Å². The van der Waals surface area contributed by atoms with Crippen molar-refractivity contribution < 1.29 is 4.74 Å². The highest BCUT2D eigenvalue weighted by Gasteiger charge is 2.34. The lowest BCUT2D eigenvalue weighted by Crippen LogP contribution is -2.49. The third-order valence-electron chi connectivity index (χ3n) is 5.00. The number of rotatable bonds is 6. The molecule has 0 radical (unpaired) electrons. The molecule has 0 spiro atoms. The van der Waals surface area contributed by atoms with Crippen LogP contribution in [0.3, 0.4) is 0 Å². The van der Waals surface area contributed by atoms with Crippen molar-refractivity contribution in [3.05, 3.63) is 0 Å². The van der Waals surface area contributed by atoms with E-state index in [-0.39, 0.29) is 0 Å². The van der Waals surface area contributed by atoms with Gasteiger partial charge in [-0.2, -0.15) is 0 Å². The van der Waals surface area contributed by atoms with Crippen LogP contribution in [0, 0.1) is 11.3 Å². The maximum atomic E-state index is 5.84. The Hall–Kier alpha value is -0.120. The molecule has 0 amide bonds. The van der Waals surface area contributed by atoms with E-state index in [0.717, 1.165) is 32.2 Å². The van der Waals surface area contributed by atoms with Gasteiger partial charge in [-0.25, -0.2) is 0 Å². The normalized spacial score (nSPS) is 33.0. The molecule has 3 nitrogen and oxygen atoms in total. The smallest absolute Gasteiger partial charge is 0.0546 e. The monoisotopic (exact) mass is 282 g/mol. The van der Waals surface area contributed by atoms with Gasteiger partial charge in [-0.05, 0) is 64.1 Å². The van der Waals surface area contributed by atoms with Gasteiger partial charge >= 0.3 is 0 Å². The Bertz CT molecular complexity index is 264. The van der Waals surface area contributed by atoms with E-state index in [1.807, 2.05) is 0 Å². The molecule has 2 unspecified atom stereocenters. The number of ether oxygens (including phenoxy) is 1. The van der Waals surface area contributed by atoms with Crippen molar-refractivity contribution in [1.82, 2.24) is 10.2 Å². The number of nitrogens with one attached hydrogen (secondary N) is 1. The molecule has 0 saturated carbocycles. The fourth-order valence-electron chi connectivity index (χ4n) is 3.72. The summed E-state index contributed by atoms with van der Waals surface area (Å²) in [5.74, 6) is 0.914. The highest BCUT2D eigenvalue weighted by molar-refractivity contribution is 4.88. The summed E-state index contributed by atoms with van der Waals surface area (Å²) in [7, 11) is 0. The summed E-state index contributed by atoms with van der Waals surface area (Å²) in [4.78, 5) is 2.71. The van der Waals surface area contributed by atoms with Crippen LogP contribution < -0.4 is 5.32 Å².